The Morgan fingerprint density at radius 3 is 2.79 bits per heavy atom. The number of H-pyrrole nitrogens is 1. The topological polar surface area (TPSA) is 150 Å². The summed E-state index contributed by atoms with van der Waals surface area (Å²) >= 11 is 0. The van der Waals surface area contributed by atoms with E-state index in [0.29, 0.717) is 30.0 Å². The smallest absolute Gasteiger partial charge is 0.282 e. The van der Waals surface area contributed by atoms with E-state index in [1.807, 2.05) is 6.07 Å². The van der Waals surface area contributed by atoms with Crippen LogP contribution in [-0.4, -0.2) is 67.9 Å². The number of aromatic amines is 1. The molecule has 0 aliphatic carbocycles. The summed E-state index contributed by atoms with van der Waals surface area (Å²) < 4.78 is 29.2. The van der Waals surface area contributed by atoms with Gasteiger partial charge in [0.05, 0.1) is 23.7 Å². The molecule has 0 amide bonds. The second kappa shape index (κ2) is 5.74. The Balaban J connectivity index is 1.52. The highest BCUT2D eigenvalue weighted by Gasteiger charge is 2.53. The fourth-order valence-electron chi connectivity index (χ4n) is 3.59. The van der Waals surface area contributed by atoms with Crippen LogP contribution in [0.3, 0.4) is 0 Å². The van der Waals surface area contributed by atoms with Crippen molar-refractivity contribution in [2.24, 2.45) is 0 Å². The van der Waals surface area contributed by atoms with Crippen molar-refractivity contribution in [3.63, 3.8) is 0 Å². The Morgan fingerprint density at radius 1 is 1.29 bits per heavy atom. The van der Waals surface area contributed by atoms with Crippen molar-refractivity contribution >= 4 is 27.1 Å². The van der Waals surface area contributed by atoms with Gasteiger partial charge in [-0.2, -0.15) is 27.4 Å². The molecule has 0 atom stereocenters. The Hall–Kier alpha value is -3.01. The van der Waals surface area contributed by atoms with Crippen LogP contribution in [0.5, 0.6) is 0 Å². The molecule has 0 unspecified atom stereocenters. The van der Waals surface area contributed by atoms with Crippen molar-refractivity contribution in [3.8, 4) is 17.3 Å². The van der Waals surface area contributed by atoms with E-state index in [-0.39, 0.29) is 25.3 Å². The molecule has 0 radical (unpaired) electrons. The fraction of sp³-hybridized carbons (Fsp3) is 0.375. The van der Waals surface area contributed by atoms with Crippen LogP contribution in [-0.2, 0) is 15.7 Å². The van der Waals surface area contributed by atoms with E-state index in [0.717, 1.165) is 5.39 Å². The lowest BCUT2D eigenvalue weighted by atomic mass is 9.89. The summed E-state index contributed by atoms with van der Waals surface area (Å²) in [5, 5.41) is 14.5. The van der Waals surface area contributed by atoms with Crippen LogP contribution in [0, 0.1) is 11.3 Å². The number of aromatic nitrogens is 5. The number of hydrogen-bond donors (Lipinski definition) is 2. The summed E-state index contributed by atoms with van der Waals surface area (Å²) in [5.41, 5.74) is 7.36. The number of nitrogens with one attached hydrogen (secondary N) is 1. The highest BCUT2D eigenvalue weighted by Crippen LogP contribution is 2.38. The molecule has 3 N–H and O–H groups in total. The van der Waals surface area contributed by atoms with E-state index >= 15 is 0 Å². The third-order valence-corrected chi connectivity index (χ3v) is 7.17. The molecule has 11 nitrogen and oxygen atoms in total. The highest BCUT2D eigenvalue weighted by atomic mass is 32.2. The van der Waals surface area contributed by atoms with Gasteiger partial charge in [-0.15, -0.1) is 0 Å². The summed E-state index contributed by atoms with van der Waals surface area (Å²) in [6.45, 7) is 1.46. The van der Waals surface area contributed by atoms with Crippen LogP contribution in [0.1, 0.15) is 6.42 Å². The third kappa shape index (κ3) is 2.40. The largest absolute Gasteiger partial charge is 0.382 e. The number of nitrogens with two attached hydrogens (primary N) is 1. The molecule has 144 valence electrons. The van der Waals surface area contributed by atoms with Crippen molar-refractivity contribution in [1.29, 1.82) is 5.26 Å². The zero-order chi connectivity index (χ0) is 19.5. The lowest BCUT2D eigenvalue weighted by Gasteiger charge is -2.47. The lowest BCUT2D eigenvalue weighted by Crippen LogP contribution is -2.65. The van der Waals surface area contributed by atoms with E-state index in [4.69, 9.17) is 5.73 Å². The number of hydrogen-bond acceptors (Lipinski definition) is 7. The molecule has 2 aliphatic rings. The molecular formula is C16H17N9O2S. The molecule has 2 fully saturated rings. The average Bonchev–Trinajstić information content (AvgIpc) is 3.28. The molecule has 0 spiro atoms. The maximum atomic E-state index is 12.4. The molecule has 3 aromatic heterocycles. The molecule has 2 aliphatic heterocycles. The van der Waals surface area contributed by atoms with Gasteiger partial charge in [-0.1, -0.05) is 0 Å². The molecular weight excluding hydrogens is 382 g/mol. The maximum absolute atomic E-state index is 12.4. The van der Waals surface area contributed by atoms with Gasteiger partial charge in [-0.25, -0.2) is 9.97 Å². The normalized spacial score (nSPS) is 19.4. The maximum Gasteiger partial charge on any atom is 0.282 e. The van der Waals surface area contributed by atoms with Gasteiger partial charge in [0, 0.05) is 44.0 Å². The first-order chi connectivity index (χ1) is 13.4. The van der Waals surface area contributed by atoms with Crippen LogP contribution in [0.15, 0.2) is 24.8 Å². The number of nitrogen functional groups attached to an aromatic ring is 1. The van der Waals surface area contributed by atoms with E-state index in [1.54, 1.807) is 17.1 Å². The quantitative estimate of drug-likeness (QED) is 0.568. The van der Waals surface area contributed by atoms with Crippen molar-refractivity contribution in [2.45, 2.75) is 12.0 Å². The Kier molecular flexibility index (Phi) is 3.51. The predicted molar refractivity (Wildman–Crippen MR) is 99.8 cm³/mol. The monoisotopic (exact) mass is 399 g/mol. The Morgan fingerprint density at radius 2 is 2.07 bits per heavy atom. The summed E-state index contributed by atoms with van der Waals surface area (Å²) in [6.07, 6.45) is 5.08. The zero-order valence-corrected chi connectivity index (χ0v) is 15.6. The second-order valence-corrected chi connectivity index (χ2v) is 9.00. The van der Waals surface area contributed by atoms with E-state index in [1.165, 1.54) is 14.9 Å². The van der Waals surface area contributed by atoms with E-state index in [9.17, 15) is 13.7 Å². The number of anilines is 1. The zero-order valence-electron chi connectivity index (χ0n) is 14.8. The molecule has 12 heteroatoms. The molecule has 5 heterocycles. The minimum Gasteiger partial charge on any atom is -0.382 e. The van der Waals surface area contributed by atoms with Gasteiger partial charge < -0.3 is 10.7 Å². The van der Waals surface area contributed by atoms with E-state index < -0.39 is 15.7 Å². The molecule has 2 saturated heterocycles. The van der Waals surface area contributed by atoms with Gasteiger partial charge in [0.2, 0.25) is 0 Å². The van der Waals surface area contributed by atoms with Crippen LogP contribution in [0.25, 0.3) is 22.3 Å². The van der Waals surface area contributed by atoms with Crippen LogP contribution in [0.4, 0.5) is 5.82 Å². The lowest BCUT2D eigenvalue weighted by molar-refractivity contribution is 0.0692. The number of nitrogens with zero attached hydrogens (tertiary/aromatic N) is 7. The SMILES string of the molecule is N#CCC1(n2cc(-c3ncnc4[nH]ccc34)c(N)n2)CN(S(=O)(=O)N2CC2)C1. The number of nitriles is 1. The van der Waals surface area contributed by atoms with Crippen molar-refractivity contribution in [3.05, 3.63) is 24.8 Å². The predicted octanol–water partition coefficient (Wildman–Crippen LogP) is -0.111. The summed E-state index contributed by atoms with van der Waals surface area (Å²) in [6, 6.07) is 4.01. The minimum atomic E-state index is -3.44. The van der Waals surface area contributed by atoms with Gasteiger partial charge >= 0.3 is 0 Å². The summed E-state index contributed by atoms with van der Waals surface area (Å²) in [5.74, 6) is 0.269. The van der Waals surface area contributed by atoms with Gasteiger partial charge in [-0.05, 0) is 6.07 Å². The summed E-state index contributed by atoms with van der Waals surface area (Å²) in [7, 11) is -3.44. The number of fused-ring (bicyclic) bond motifs is 1. The molecule has 3 aromatic rings. The van der Waals surface area contributed by atoms with Crippen molar-refractivity contribution in [1.82, 2.24) is 33.3 Å². The van der Waals surface area contributed by atoms with Gasteiger partial charge in [-0.3, -0.25) is 4.68 Å². The van der Waals surface area contributed by atoms with Crippen LogP contribution >= 0.6 is 0 Å². The molecule has 28 heavy (non-hydrogen) atoms. The summed E-state index contributed by atoms with van der Waals surface area (Å²) in [4.78, 5) is 11.5. The van der Waals surface area contributed by atoms with Crippen LogP contribution in [0.2, 0.25) is 0 Å². The van der Waals surface area contributed by atoms with Crippen molar-refractivity contribution < 1.29 is 8.42 Å². The molecule has 5 rings (SSSR count). The van der Waals surface area contributed by atoms with Gasteiger partial charge in [0.15, 0.2) is 5.82 Å². The van der Waals surface area contributed by atoms with E-state index in [2.05, 4.69) is 26.1 Å². The average molecular weight is 399 g/mol. The number of rotatable bonds is 5. The molecule has 0 aromatic carbocycles. The van der Waals surface area contributed by atoms with Crippen LogP contribution < -0.4 is 5.73 Å². The Bertz CT molecular complexity index is 1210. The fourth-order valence-corrected chi connectivity index (χ4v) is 5.27. The first kappa shape index (κ1) is 17.1. The highest BCUT2D eigenvalue weighted by molar-refractivity contribution is 7.87. The Labute approximate surface area is 160 Å². The first-order valence-electron chi connectivity index (χ1n) is 8.71. The second-order valence-electron chi connectivity index (χ2n) is 7.07. The third-order valence-electron chi connectivity index (χ3n) is 5.25. The first-order valence-corrected chi connectivity index (χ1v) is 10.1. The van der Waals surface area contributed by atoms with Crippen molar-refractivity contribution in [2.75, 3.05) is 31.9 Å². The molecule has 0 bridgehead atoms. The standard InChI is InChI=1S/C16H17N9O2S/c17-3-2-16(8-24(9-16)28(26,27)23-5-6-23)25-7-12(14(18)22-25)13-11-1-4-19-15(11)21-10-20-13/h1,4,7,10H,2,5-6,8-9H2,(H2,18,22)(H,19,20,21). The van der Waals surface area contributed by atoms with Gasteiger partial charge in [0.25, 0.3) is 10.2 Å². The minimum absolute atomic E-state index is 0.128. The van der Waals surface area contributed by atoms with Gasteiger partial charge in [0.1, 0.15) is 17.5 Å². The molecule has 0 saturated carbocycles.